The van der Waals surface area contributed by atoms with E-state index in [2.05, 4.69) is 0 Å². The highest BCUT2D eigenvalue weighted by molar-refractivity contribution is 5.75. The number of hydrogen-bond donors (Lipinski definition) is 2. The van der Waals surface area contributed by atoms with Crippen molar-refractivity contribution in [3.8, 4) is 0 Å². The second-order valence-corrected chi connectivity index (χ2v) is 4.22. The lowest BCUT2D eigenvalue weighted by atomic mass is 9.80. The first-order valence-corrected chi connectivity index (χ1v) is 5.61. The molecular weight excluding hydrogens is 198 g/mol. The fourth-order valence-electron chi connectivity index (χ4n) is 2.06. The van der Waals surface area contributed by atoms with E-state index in [9.17, 15) is 5.11 Å². The molecule has 1 aromatic carbocycles. The van der Waals surface area contributed by atoms with E-state index in [1.807, 2.05) is 49.4 Å². The highest BCUT2D eigenvalue weighted by Gasteiger charge is 2.31. The van der Waals surface area contributed by atoms with E-state index in [0.717, 1.165) is 16.8 Å². The maximum Gasteiger partial charge on any atom is 0.0935 e. The lowest BCUT2D eigenvalue weighted by Gasteiger charge is -2.32. The molecule has 1 unspecified atom stereocenters. The first-order chi connectivity index (χ1) is 7.65. The zero-order chi connectivity index (χ0) is 11.6. The van der Waals surface area contributed by atoms with Gasteiger partial charge in [-0.3, -0.25) is 0 Å². The van der Waals surface area contributed by atoms with Crippen molar-refractivity contribution in [2.75, 3.05) is 0 Å². The summed E-state index contributed by atoms with van der Waals surface area (Å²) in [6, 6.07) is 9.93. The fraction of sp³-hybridized carbons (Fsp3) is 0.286. The van der Waals surface area contributed by atoms with Crippen molar-refractivity contribution >= 4 is 5.57 Å². The van der Waals surface area contributed by atoms with Crippen LogP contribution in [-0.2, 0) is 0 Å². The normalized spacial score (nSPS) is 24.9. The summed E-state index contributed by atoms with van der Waals surface area (Å²) in [6.07, 6.45) is 5.05. The molecule has 0 aromatic heterocycles. The van der Waals surface area contributed by atoms with Gasteiger partial charge in [0.1, 0.15) is 0 Å². The second kappa shape index (κ2) is 4.14. The smallest absolute Gasteiger partial charge is 0.0935 e. The van der Waals surface area contributed by atoms with Crippen LogP contribution in [0.4, 0.5) is 0 Å². The van der Waals surface area contributed by atoms with Gasteiger partial charge in [-0.25, -0.2) is 0 Å². The number of rotatable bonds is 2. The lowest BCUT2D eigenvalue weighted by Crippen LogP contribution is -2.31. The minimum Gasteiger partial charge on any atom is -0.399 e. The maximum atomic E-state index is 10.5. The van der Waals surface area contributed by atoms with Crippen LogP contribution in [0, 0.1) is 0 Å². The Hall–Kier alpha value is -1.54. The Morgan fingerprint density at radius 2 is 2.00 bits per heavy atom. The largest absolute Gasteiger partial charge is 0.399 e. The van der Waals surface area contributed by atoms with Crippen molar-refractivity contribution in [2.24, 2.45) is 5.73 Å². The third-order valence-electron chi connectivity index (χ3n) is 3.16. The first kappa shape index (κ1) is 11.0. The minimum atomic E-state index is -0.774. The Bertz CT molecular complexity index is 433. The second-order valence-electron chi connectivity index (χ2n) is 4.22. The highest BCUT2D eigenvalue weighted by atomic mass is 16.3. The molecule has 16 heavy (non-hydrogen) atoms. The summed E-state index contributed by atoms with van der Waals surface area (Å²) in [5.74, 6) is 0. The van der Waals surface area contributed by atoms with Crippen molar-refractivity contribution in [3.63, 3.8) is 0 Å². The molecule has 1 atom stereocenters. The number of aliphatic hydroxyl groups is 1. The van der Waals surface area contributed by atoms with Crippen LogP contribution in [0.15, 0.2) is 48.2 Å². The van der Waals surface area contributed by atoms with E-state index in [0.29, 0.717) is 12.8 Å². The van der Waals surface area contributed by atoms with Crippen LogP contribution >= 0.6 is 0 Å². The van der Waals surface area contributed by atoms with Crippen molar-refractivity contribution in [1.29, 1.82) is 0 Å². The molecule has 0 saturated carbocycles. The number of allylic oxidation sites excluding steroid dienone is 1. The molecule has 0 fully saturated rings. The Labute approximate surface area is 96.1 Å². The van der Waals surface area contributed by atoms with Gasteiger partial charge in [0, 0.05) is 12.1 Å². The predicted molar refractivity (Wildman–Crippen MR) is 66.5 cm³/mol. The molecule has 2 heteroatoms. The summed E-state index contributed by atoms with van der Waals surface area (Å²) in [6.45, 7) is 1.99. The Morgan fingerprint density at radius 1 is 1.31 bits per heavy atom. The highest BCUT2D eigenvalue weighted by Crippen LogP contribution is 2.36. The summed E-state index contributed by atoms with van der Waals surface area (Å²) < 4.78 is 0. The Balaban J connectivity index is 2.47. The summed E-state index contributed by atoms with van der Waals surface area (Å²) in [5.41, 5.74) is 7.74. The molecule has 3 N–H and O–H groups in total. The predicted octanol–water partition coefficient (Wildman–Crippen LogP) is 2.46. The molecule has 1 aromatic rings. The van der Waals surface area contributed by atoms with E-state index >= 15 is 0 Å². The van der Waals surface area contributed by atoms with E-state index in [-0.39, 0.29) is 0 Å². The Morgan fingerprint density at radius 3 is 2.62 bits per heavy atom. The average Bonchev–Trinajstić information content (AvgIpc) is 2.33. The van der Waals surface area contributed by atoms with Gasteiger partial charge in [0.15, 0.2) is 0 Å². The van der Waals surface area contributed by atoms with Crippen LogP contribution in [-0.4, -0.2) is 10.7 Å². The molecule has 1 aliphatic carbocycles. The van der Waals surface area contributed by atoms with Gasteiger partial charge in [0.05, 0.1) is 5.60 Å². The van der Waals surface area contributed by atoms with Crippen LogP contribution < -0.4 is 5.73 Å². The van der Waals surface area contributed by atoms with Crippen LogP contribution in [0.1, 0.15) is 25.3 Å². The van der Waals surface area contributed by atoms with E-state index < -0.39 is 5.60 Å². The lowest BCUT2D eigenvalue weighted by molar-refractivity contribution is 0.0993. The van der Waals surface area contributed by atoms with E-state index in [1.165, 1.54) is 0 Å². The molecule has 0 heterocycles. The zero-order valence-corrected chi connectivity index (χ0v) is 9.48. The van der Waals surface area contributed by atoms with Crippen molar-refractivity contribution in [3.05, 3.63) is 53.7 Å². The SMILES string of the molecule is CCC1(O)CC=C(N)C=C1c1ccccc1. The number of nitrogens with two attached hydrogens (primary N) is 1. The van der Waals surface area contributed by atoms with Gasteiger partial charge in [-0.2, -0.15) is 0 Å². The van der Waals surface area contributed by atoms with Crippen LogP contribution in [0.25, 0.3) is 5.57 Å². The van der Waals surface area contributed by atoms with Crippen LogP contribution in [0.5, 0.6) is 0 Å². The molecule has 2 rings (SSSR count). The maximum absolute atomic E-state index is 10.5. The molecule has 0 radical (unpaired) electrons. The monoisotopic (exact) mass is 215 g/mol. The van der Waals surface area contributed by atoms with E-state index in [1.54, 1.807) is 0 Å². The fourth-order valence-corrected chi connectivity index (χ4v) is 2.06. The first-order valence-electron chi connectivity index (χ1n) is 5.61. The third kappa shape index (κ3) is 1.89. The van der Waals surface area contributed by atoms with Crippen LogP contribution in [0.3, 0.4) is 0 Å². The van der Waals surface area contributed by atoms with Gasteiger partial charge in [0.2, 0.25) is 0 Å². The number of hydrogen-bond acceptors (Lipinski definition) is 2. The average molecular weight is 215 g/mol. The molecule has 0 spiro atoms. The van der Waals surface area contributed by atoms with Gasteiger partial charge in [-0.1, -0.05) is 43.3 Å². The molecule has 1 aliphatic rings. The molecule has 0 amide bonds. The topological polar surface area (TPSA) is 46.2 Å². The van der Waals surface area contributed by atoms with Gasteiger partial charge < -0.3 is 10.8 Å². The molecule has 0 aliphatic heterocycles. The van der Waals surface area contributed by atoms with Crippen molar-refractivity contribution < 1.29 is 5.11 Å². The molecule has 2 nitrogen and oxygen atoms in total. The molecule has 84 valence electrons. The van der Waals surface area contributed by atoms with Gasteiger partial charge in [-0.15, -0.1) is 0 Å². The van der Waals surface area contributed by atoms with Gasteiger partial charge >= 0.3 is 0 Å². The summed E-state index contributed by atoms with van der Waals surface area (Å²) in [4.78, 5) is 0. The van der Waals surface area contributed by atoms with Crippen molar-refractivity contribution in [2.45, 2.75) is 25.4 Å². The third-order valence-corrected chi connectivity index (χ3v) is 3.16. The number of benzene rings is 1. The standard InChI is InChI=1S/C14H17NO/c1-2-14(16)9-8-12(15)10-13(14)11-6-4-3-5-7-11/h3-8,10,16H,2,9,15H2,1H3. The summed E-state index contributed by atoms with van der Waals surface area (Å²) in [7, 11) is 0. The van der Waals surface area contributed by atoms with Crippen molar-refractivity contribution in [1.82, 2.24) is 0 Å². The Kier molecular flexibility index (Phi) is 2.84. The zero-order valence-electron chi connectivity index (χ0n) is 9.48. The quantitative estimate of drug-likeness (QED) is 0.796. The van der Waals surface area contributed by atoms with Crippen LogP contribution in [0.2, 0.25) is 0 Å². The van der Waals surface area contributed by atoms with Gasteiger partial charge in [0.25, 0.3) is 0 Å². The molecule has 0 saturated heterocycles. The minimum absolute atomic E-state index is 0.593. The molecule has 0 bridgehead atoms. The van der Waals surface area contributed by atoms with E-state index in [4.69, 9.17) is 5.73 Å². The summed E-state index contributed by atoms with van der Waals surface area (Å²) >= 11 is 0. The summed E-state index contributed by atoms with van der Waals surface area (Å²) in [5, 5.41) is 10.5. The molecular formula is C14H17NO. The van der Waals surface area contributed by atoms with Gasteiger partial charge in [-0.05, 0) is 23.6 Å².